The van der Waals surface area contributed by atoms with Crippen LogP contribution in [0.15, 0.2) is 23.8 Å². The molecular weight excluding hydrogens is 1420 g/mol. The van der Waals surface area contributed by atoms with Crippen LogP contribution in [-0.4, -0.2) is 242 Å². The van der Waals surface area contributed by atoms with Crippen molar-refractivity contribution in [1.29, 1.82) is 0 Å². The minimum Gasteiger partial charge on any atom is -0.457 e. The fourth-order valence-corrected chi connectivity index (χ4v) is 35.8. The van der Waals surface area contributed by atoms with E-state index < -0.39 is 214 Å². The molecule has 18 fully saturated rings. The third kappa shape index (κ3) is 8.08. The zero-order valence-electron chi connectivity index (χ0n) is 61.0. The molecule has 109 heavy (non-hydrogen) atoms. The Hall–Kier alpha value is -5.16. The monoisotopic (exact) mass is 1530 g/mol. The molecule has 0 aromatic carbocycles. The second-order valence-corrected chi connectivity index (χ2v) is 38.9. The van der Waals surface area contributed by atoms with E-state index in [-0.39, 0.29) is 172 Å². The van der Waals surface area contributed by atoms with Gasteiger partial charge in [0.2, 0.25) is 0 Å². The van der Waals surface area contributed by atoms with E-state index in [2.05, 4.69) is 39.2 Å². The lowest BCUT2D eigenvalue weighted by Crippen LogP contribution is -2.71. The number of hydrogen-bond acceptors (Lipinski definition) is 27. The summed E-state index contributed by atoms with van der Waals surface area (Å²) in [5.74, 6) is -4.96. The number of hydrogen-bond donors (Lipinski definition) is 17. The smallest absolute Gasteiger partial charge is 0.325 e. The van der Waals surface area contributed by atoms with E-state index in [4.69, 9.17) is 29.5 Å². The Morgan fingerprint density at radius 3 is 1.50 bits per heavy atom. The van der Waals surface area contributed by atoms with Crippen LogP contribution < -0.4 is 16.0 Å². The highest BCUT2D eigenvalue weighted by molar-refractivity contribution is 6.10. The number of esters is 4. The molecule has 35 atom stereocenters. The van der Waals surface area contributed by atoms with Crippen molar-refractivity contribution in [3.05, 3.63) is 23.8 Å². The molecule has 0 heterocycles. The Balaban J connectivity index is 0.00000265. The van der Waals surface area contributed by atoms with Crippen LogP contribution in [0.1, 0.15) is 71.1 Å². The van der Waals surface area contributed by atoms with E-state index in [1.54, 1.807) is 6.92 Å². The van der Waals surface area contributed by atoms with Crippen LogP contribution in [0, 0.1) is 215 Å². The van der Waals surface area contributed by atoms with Gasteiger partial charge >= 0.3 is 23.9 Å². The number of aliphatic hydroxyl groups excluding tert-OH is 12. The van der Waals surface area contributed by atoms with Gasteiger partial charge in [0.1, 0.15) is 23.2 Å². The molecule has 0 radical (unpaired) electrons. The van der Waals surface area contributed by atoms with E-state index in [9.17, 15) is 80.5 Å². The van der Waals surface area contributed by atoms with Gasteiger partial charge in [-0.2, -0.15) is 0 Å². The number of carbonyl (C=O) groups is 8. The van der Waals surface area contributed by atoms with Gasteiger partial charge in [0.05, 0.1) is 79.3 Å². The molecular formula is C79H105N3O27. The van der Waals surface area contributed by atoms with E-state index >= 15 is 19.2 Å². The van der Waals surface area contributed by atoms with Gasteiger partial charge in [0.25, 0.3) is 17.7 Å². The number of amides is 3. The highest BCUT2D eigenvalue weighted by Gasteiger charge is 3.13. The van der Waals surface area contributed by atoms with Gasteiger partial charge in [-0.15, -0.1) is 0 Å². The lowest BCUT2D eigenvalue weighted by Gasteiger charge is -2.73. The number of ketones is 1. The van der Waals surface area contributed by atoms with Crippen LogP contribution in [0.25, 0.3) is 0 Å². The summed E-state index contributed by atoms with van der Waals surface area (Å²) in [6.45, 7) is -11.9. The van der Waals surface area contributed by atoms with Gasteiger partial charge in [-0.05, 0) is 242 Å². The molecule has 598 valence electrons. The van der Waals surface area contributed by atoms with Gasteiger partial charge in [0, 0.05) is 33.5 Å². The van der Waals surface area contributed by atoms with E-state index in [1.807, 2.05) is 0 Å². The number of ether oxygens (including phenoxy) is 4. The average Bonchev–Trinajstić information content (AvgIpc) is 1.36. The number of rotatable bonds is 30. The summed E-state index contributed by atoms with van der Waals surface area (Å²) < 4.78 is 25.6. The molecule has 30 nitrogen and oxygen atoms in total. The summed E-state index contributed by atoms with van der Waals surface area (Å²) in [4.78, 5) is 124. The first-order chi connectivity index (χ1) is 52.4. The topological polar surface area (TPSA) is 502 Å². The Kier molecular flexibility index (Phi) is 16.6. The van der Waals surface area contributed by atoms with E-state index in [0.717, 1.165) is 25.7 Å². The third-order valence-corrected chi connectivity index (χ3v) is 37.1. The highest BCUT2D eigenvalue weighted by atomic mass is 17.4. The number of Topliss-reactive ketones (excluding diaryl/α,β-unsaturated/α-hetero) is 1. The van der Waals surface area contributed by atoms with Crippen molar-refractivity contribution in [2.75, 3.05) is 106 Å². The molecule has 20 aliphatic carbocycles. The first kappa shape index (κ1) is 74.0. The summed E-state index contributed by atoms with van der Waals surface area (Å²) in [5.41, 5.74) is -14.4. The Morgan fingerprint density at radius 2 is 0.936 bits per heavy atom. The number of carbonyl (C=O) groups excluding carboxylic acids is 8. The van der Waals surface area contributed by atoms with E-state index in [0.29, 0.717) is 38.0 Å². The number of fused-ring (bicyclic) bond motifs is 1. The fourth-order valence-electron chi connectivity index (χ4n) is 35.8. The van der Waals surface area contributed by atoms with Crippen LogP contribution in [0.5, 0.6) is 0 Å². The summed E-state index contributed by atoms with van der Waals surface area (Å²) >= 11 is 0. The SMILES string of the molecule is CC(C(=O)OCC(=O)NC(CO)(CO)CO)(C(=O)OCC(=O)NC(CO)(CO)CO)C12CCC3CC4CC5C=CC67CC8CC9=CC%10CC%11CCC1C1C%11C%11C%10C%10C%12C%13C%11C1C1C%11C%13C%13C(C4C%11C3C12)C5C6C%13C%12C1(C9%10)C(C(=O)OCC(=O)CC(CO)(CO)CO)(C(=O)OCC(=O)NC(CO)(CO)CO)C871.OOO. The van der Waals surface area contributed by atoms with Gasteiger partial charge in [-0.25, -0.2) is 10.5 Å². The zero-order valence-corrected chi connectivity index (χ0v) is 61.0. The van der Waals surface area contributed by atoms with Gasteiger partial charge < -0.3 is 96.2 Å². The maximum absolute atomic E-state index is 17.1. The Bertz CT molecular complexity index is 3790. The van der Waals surface area contributed by atoms with Crippen molar-refractivity contribution >= 4 is 47.4 Å². The molecule has 0 aromatic heterocycles. The van der Waals surface area contributed by atoms with Crippen LogP contribution in [0.4, 0.5) is 0 Å². The largest absolute Gasteiger partial charge is 0.457 e. The first-order valence-electron chi connectivity index (χ1n) is 40.2. The predicted molar refractivity (Wildman–Crippen MR) is 364 cm³/mol. The van der Waals surface area contributed by atoms with Gasteiger partial charge in [-0.3, -0.25) is 38.4 Å². The molecule has 0 saturated heterocycles. The third-order valence-electron chi connectivity index (χ3n) is 37.1. The lowest BCUT2D eigenvalue weighted by atomic mass is 9.30. The lowest BCUT2D eigenvalue weighted by molar-refractivity contribution is -0.465. The molecule has 0 bridgehead atoms. The van der Waals surface area contributed by atoms with Crippen molar-refractivity contribution in [3.8, 4) is 0 Å². The van der Waals surface area contributed by atoms with E-state index in [1.165, 1.54) is 5.57 Å². The van der Waals surface area contributed by atoms with Crippen molar-refractivity contribution in [3.63, 3.8) is 0 Å². The molecule has 30 heteroatoms. The van der Waals surface area contributed by atoms with Crippen LogP contribution in [0.3, 0.4) is 0 Å². The molecule has 0 aliphatic heterocycles. The summed E-state index contributed by atoms with van der Waals surface area (Å²) in [6, 6.07) is 0. The Labute approximate surface area is 627 Å². The second kappa shape index (κ2) is 24.5. The second-order valence-electron chi connectivity index (χ2n) is 38.9. The molecule has 3 amide bonds. The van der Waals surface area contributed by atoms with Crippen LogP contribution in [-0.2, 0) is 62.3 Å². The maximum Gasteiger partial charge on any atom is 0.325 e. The molecule has 17 N–H and O–H groups in total. The van der Waals surface area contributed by atoms with Crippen LogP contribution >= 0.6 is 0 Å². The molecule has 0 aromatic rings. The van der Waals surface area contributed by atoms with Crippen molar-refractivity contribution < 1.29 is 134 Å². The molecule has 20 aliphatic rings. The quantitative estimate of drug-likeness (QED) is 0.00863. The van der Waals surface area contributed by atoms with Gasteiger partial charge in [0.15, 0.2) is 36.4 Å². The van der Waals surface area contributed by atoms with Crippen LogP contribution in [0.2, 0.25) is 0 Å². The molecule has 18 saturated carbocycles. The van der Waals surface area contributed by atoms with Gasteiger partial charge in [-0.1, -0.05) is 28.8 Å². The number of allylic oxidation sites excluding steroid dienone is 4. The minimum absolute atomic E-state index is 0.00514. The predicted octanol–water partition coefficient (Wildman–Crippen LogP) is -2.78. The molecule has 20 rings (SSSR count). The highest BCUT2D eigenvalue weighted by Crippen LogP contribution is 3.10. The van der Waals surface area contributed by atoms with Crippen molar-refractivity contribution in [2.24, 2.45) is 215 Å². The Morgan fingerprint density at radius 1 is 0.468 bits per heavy atom. The van der Waals surface area contributed by atoms with Crippen molar-refractivity contribution in [2.45, 2.75) is 87.7 Å². The fraction of sp³-hybridized carbons (Fsp3) is 0.848. The summed E-state index contributed by atoms with van der Waals surface area (Å²) in [6.07, 6.45) is 13.8. The average molecular weight is 1530 g/mol. The first-order valence-corrected chi connectivity index (χ1v) is 40.2. The zero-order chi connectivity index (χ0) is 76.7. The summed E-state index contributed by atoms with van der Waals surface area (Å²) in [7, 11) is 0. The molecule has 35 unspecified atom stereocenters. The van der Waals surface area contributed by atoms with Crippen molar-refractivity contribution in [1.82, 2.24) is 16.0 Å². The summed E-state index contributed by atoms with van der Waals surface area (Å²) in [5, 5.41) is 147. The number of nitrogens with one attached hydrogen (secondary N) is 3. The number of aliphatic hydroxyl groups is 12. The minimum atomic E-state index is -2.19. The maximum atomic E-state index is 17.1. The normalized spacial score (nSPS) is 47.9. The standard InChI is InChI=1S/C79H103N3O24.H2O3/c1-70(66(99)104-16-40(96)80-72(22-86,23-87)24-88,67(100)105-17-41(97)81-73(25-89,26-90)27-91)76-7-5-33-10-34-9-32-4-6-75-13-37-12-36-11-35-8-31-2-3-39(76)48-43(31)49-45(35)58-60-56-53(49)52(48)59-55-51(47(33)64(59)76)44(34)50-46(32)63(75)61(57(50)54(55)56)65(60)77(62(36)58)78(79(37,75)77,68(101)103-15-38(95)14-71(19-83,20-84)21-85)69(102)106-18-42(98)82-74(28-92,29-93)30-94;1-3-2/h4,6,11,31-35,37,39,43-65,83-94H,2-3,5,7-10,12-30H2,1H3,(H,80,96)(H,81,97)(H,82,98);1-2H. The molecule has 3 spiro atoms.